The molecule has 0 atom stereocenters. The Bertz CT molecular complexity index is 1000. The van der Waals surface area contributed by atoms with Crippen LogP contribution in [0.1, 0.15) is 5.56 Å². The van der Waals surface area contributed by atoms with E-state index in [9.17, 15) is 4.79 Å². The van der Waals surface area contributed by atoms with Crippen LogP contribution in [0, 0.1) is 11.3 Å². The summed E-state index contributed by atoms with van der Waals surface area (Å²) in [7, 11) is 1.62. The highest BCUT2D eigenvalue weighted by Gasteiger charge is 2.12. The minimum atomic E-state index is -0.168. The van der Waals surface area contributed by atoms with Crippen LogP contribution >= 0.6 is 23.5 Å². The van der Waals surface area contributed by atoms with Gasteiger partial charge in [-0.15, -0.1) is 16.9 Å². The Morgan fingerprint density at radius 2 is 2.00 bits per heavy atom. The number of aromatic nitrogens is 4. The zero-order valence-corrected chi connectivity index (χ0v) is 17.2. The minimum Gasteiger partial charge on any atom is -0.497 e. The number of methoxy groups -OCH3 is 1. The number of para-hydroxylation sites is 1. The zero-order chi connectivity index (χ0) is 20.5. The highest BCUT2D eigenvalue weighted by molar-refractivity contribution is 8.00. The lowest BCUT2D eigenvalue weighted by molar-refractivity contribution is -0.113. The molecule has 1 heterocycles. The molecule has 0 unspecified atom stereocenters. The van der Waals surface area contributed by atoms with Crippen LogP contribution in [-0.2, 0) is 11.3 Å². The summed E-state index contributed by atoms with van der Waals surface area (Å²) in [5.74, 6) is 1.10. The van der Waals surface area contributed by atoms with Gasteiger partial charge in [0.25, 0.3) is 0 Å². The number of nitrogens with zero attached hydrogens (tertiary/aromatic N) is 5. The van der Waals surface area contributed by atoms with E-state index in [-0.39, 0.29) is 11.7 Å². The first-order chi connectivity index (χ1) is 14.2. The van der Waals surface area contributed by atoms with E-state index < -0.39 is 0 Å². The molecule has 29 heavy (non-hydrogen) atoms. The maximum atomic E-state index is 12.4. The number of anilines is 1. The Morgan fingerprint density at radius 1 is 1.21 bits per heavy atom. The highest BCUT2D eigenvalue weighted by Crippen LogP contribution is 2.27. The third-order valence-electron chi connectivity index (χ3n) is 3.78. The molecule has 8 nitrogen and oxygen atoms in total. The molecule has 0 spiro atoms. The Labute approximate surface area is 176 Å². The highest BCUT2D eigenvalue weighted by atomic mass is 32.2. The fourth-order valence-electron chi connectivity index (χ4n) is 2.43. The van der Waals surface area contributed by atoms with Gasteiger partial charge in [0, 0.05) is 4.90 Å². The van der Waals surface area contributed by atoms with Gasteiger partial charge in [0.1, 0.15) is 5.75 Å². The second kappa shape index (κ2) is 10.5. The smallest absolute Gasteiger partial charge is 0.234 e. The van der Waals surface area contributed by atoms with E-state index in [0.717, 1.165) is 16.2 Å². The van der Waals surface area contributed by atoms with Crippen LogP contribution < -0.4 is 10.1 Å². The van der Waals surface area contributed by atoms with Crippen molar-refractivity contribution >= 4 is 35.1 Å². The SMILES string of the molecule is COc1ccc(Cn2nnnc2SCC(=O)Nc2ccccc2SCC#N)cc1. The summed E-state index contributed by atoms with van der Waals surface area (Å²) in [4.78, 5) is 13.2. The molecule has 0 bridgehead atoms. The van der Waals surface area contributed by atoms with Crippen molar-refractivity contribution < 1.29 is 9.53 Å². The molecular formula is C19H18N6O2S2. The van der Waals surface area contributed by atoms with Crippen molar-refractivity contribution in [2.24, 2.45) is 0 Å². The average molecular weight is 427 g/mol. The van der Waals surface area contributed by atoms with Gasteiger partial charge in [0.2, 0.25) is 11.1 Å². The summed E-state index contributed by atoms with van der Waals surface area (Å²) >= 11 is 2.65. The average Bonchev–Trinajstić information content (AvgIpc) is 3.19. The lowest BCUT2D eigenvalue weighted by Gasteiger charge is -2.09. The fourth-order valence-corrected chi connectivity index (χ4v) is 3.77. The molecule has 1 amide bonds. The van der Waals surface area contributed by atoms with E-state index in [1.54, 1.807) is 11.8 Å². The standard InChI is InChI=1S/C19H18N6O2S2/c1-27-15-8-6-14(7-9-15)12-25-19(22-23-24-25)29-13-18(26)21-16-4-2-3-5-17(16)28-11-10-20/h2-9H,11-13H2,1H3,(H,21,26). The van der Waals surface area contributed by atoms with Gasteiger partial charge in [-0.1, -0.05) is 36.0 Å². The monoisotopic (exact) mass is 426 g/mol. The summed E-state index contributed by atoms with van der Waals surface area (Å²) in [6, 6.07) is 17.1. The number of nitriles is 1. The van der Waals surface area contributed by atoms with E-state index in [0.29, 0.717) is 23.1 Å². The molecule has 3 aromatic rings. The number of thioether (sulfide) groups is 2. The van der Waals surface area contributed by atoms with Crippen LogP contribution in [0.15, 0.2) is 58.6 Å². The lowest BCUT2D eigenvalue weighted by Crippen LogP contribution is -2.15. The molecule has 10 heteroatoms. The first kappa shape index (κ1) is 20.7. The molecule has 148 valence electrons. The van der Waals surface area contributed by atoms with Crippen molar-refractivity contribution in [2.45, 2.75) is 16.6 Å². The van der Waals surface area contributed by atoms with Crippen molar-refractivity contribution in [3.8, 4) is 11.8 Å². The molecule has 1 aromatic heterocycles. The topological polar surface area (TPSA) is 106 Å². The molecule has 0 aliphatic carbocycles. The van der Waals surface area contributed by atoms with Crippen LogP contribution in [0.4, 0.5) is 5.69 Å². The van der Waals surface area contributed by atoms with E-state index in [1.165, 1.54) is 23.5 Å². The van der Waals surface area contributed by atoms with Crippen molar-refractivity contribution in [3.63, 3.8) is 0 Å². The third kappa shape index (κ3) is 5.97. The Kier molecular flexibility index (Phi) is 7.49. The summed E-state index contributed by atoms with van der Waals surface area (Å²) in [5.41, 5.74) is 1.71. The summed E-state index contributed by atoms with van der Waals surface area (Å²) in [6.45, 7) is 0.495. The zero-order valence-electron chi connectivity index (χ0n) is 15.6. The van der Waals surface area contributed by atoms with Gasteiger partial charge in [-0.05, 0) is 40.3 Å². The van der Waals surface area contributed by atoms with Gasteiger partial charge in [-0.25, -0.2) is 4.68 Å². The molecule has 1 N–H and O–H groups in total. The van der Waals surface area contributed by atoms with E-state index >= 15 is 0 Å². The second-order valence-corrected chi connectivity index (χ2v) is 7.71. The van der Waals surface area contributed by atoms with E-state index in [4.69, 9.17) is 10.00 Å². The van der Waals surface area contributed by atoms with Crippen LogP contribution in [0.5, 0.6) is 5.75 Å². The fraction of sp³-hybridized carbons (Fsp3) is 0.211. The van der Waals surface area contributed by atoms with Crippen molar-refractivity contribution in [1.82, 2.24) is 20.2 Å². The number of rotatable bonds is 9. The largest absolute Gasteiger partial charge is 0.497 e. The van der Waals surface area contributed by atoms with Crippen molar-refractivity contribution in [1.29, 1.82) is 5.26 Å². The van der Waals surface area contributed by atoms with E-state index in [2.05, 4.69) is 26.9 Å². The van der Waals surface area contributed by atoms with Gasteiger partial charge in [-0.3, -0.25) is 4.79 Å². The van der Waals surface area contributed by atoms with Gasteiger partial charge in [0.05, 0.1) is 36.9 Å². The molecular weight excluding hydrogens is 408 g/mol. The number of nitrogens with one attached hydrogen (secondary N) is 1. The predicted molar refractivity (Wildman–Crippen MR) is 112 cm³/mol. The van der Waals surface area contributed by atoms with E-state index in [1.807, 2.05) is 48.5 Å². The molecule has 3 rings (SSSR count). The minimum absolute atomic E-state index is 0.167. The first-order valence-corrected chi connectivity index (χ1v) is 10.6. The molecule has 2 aromatic carbocycles. The third-order valence-corrected chi connectivity index (χ3v) is 5.67. The summed E-state index contributed by atoms with van der Waals surface area (Å²) < 4.78 is 6.81. The van der Waals surface area contributed by atoms with Gasteiger partial charge < -0.3 is 10.1 Å². The number of carbonyl (C=O) groups excluding carboxylic acids is 1. The number of amides is 1. The quantitative estimate of drug-likeness (QED) is 0.521. The normalized spacial score (nSPS) is 10.3. The lowest BCUT2D eigenvalue weighted by atomic mass is 10.2. The second-order valence-electron chi connectivity index (χ2n) is 5.75. The van der Waals surface area contributed by atoms with Crippen molar-refractivity contribution in [3.05, 3.63) is 54.1 Å². The predicted octanol–water partition coefficient (Wildman–Crippen LogP) is 3.08. The van der Waals surface area contributed by atoms with Gasteiger partial charge >= 0.3 is 0 Å². The van der Waals surface area contributed by atoms with Crippen LogP contribution in [-0.4, -0.2) is 44.7 Å². The van der Waals surface area contributed by atoms with Crippen LogP contribution in [0.25, 0.3) is 0 Å². The number of hydrogen-bond acceptors (Lipinski definition) is 8. The van der Waals surface area contributed by atoms with Crippen LogP contribution in [0.2, 0.25) is 0 Å². The number of ether oxygens (including phenoxy) is 1. The van der Waals surface area contributed by atoms with Crippen LogP contribution in [0.3, 0.4) is 0 Å². The molecule has 0 aliphatic rings. The molecule has 0 saturated heterocycles. The number of benzene rings is 2. The number of tetrazole rings is 1. The Balaban J connectivity index is 1.57. The molecule has 0 saturated carbocycles. The maximum absolute atomic E-state index is 12.4. The number of hydrogen-bond donors (Lipinski definition) is 1. The molecule has 0 aliphatic heterocycles. The molecule has 0 radical (unpaired) electrons. The van der Waals surface area contributed by atoms with Gasteiger partial charge in [-0.2, -0.15) is 5.26 Å². The van der Waals surface area contributed by atoms with Gasteiger partial charge in [0.15, 0.2) is 0 Å². The first-order valence-electron chi connectivity index (χ1n) is 8.60. The summed E-state index contributed by atoms with van der Waals surface area (Å²) in [6.07, 6.45) is 0. The Morgan fingerprint density at radius 3 is 2.76 bits per heavy atom. The Hall–Kier alpha value is -3.03. The maximum Gasteiger partial charge on any atom is 0.234 e. The summed E-state index contributed by atoms with van der Waals surface area (Å²) in [5, 5.41) is 23.9. The molecule has 0 fully saturated rings. The van der Waals surface area contributed by atoms with Crippen molar-refractivity contribution in [2.75, 3.05) is 23.9 Å². The number of carbonyl (C=O) groups is 1.